The molecule has 1 aromatic rings. The maximum absolute atomic E-state index is 11.9. The minimum atomic E-state index is -0.464. The molecule has 0 unspecified atom stereocenters. The molecule has 1 heterocycles. The van der Waals surface area contributed by atoms with Crippen LogP contribution in [0, 0.1) is 0 Å². The second-order valence-electron chi connectivity index (χ2n) is 6.61. The molecule has 0 spiro atoms. The van der Waals surface area contributed by atoms with Gasteiger partial charge < -0.3 is 15.4 Å². The van der Waals surface area contributed by atoms with Crippen LogP contribution in [-0.2, 0) is 11.2 Å². The summed E-state index contributed by atoms with van der Waals surface area (Å²) in [6, 6.07) is 8.74. The van der Waals surface area contributed by atoms with Gasteiger partial charge in [-0.3, -0.25) is 0 Å². The van der Waals surface area contributed by atoms with E-state index in [1.54, 1.807) is 0 Å². The first-order chi connectivity index (χ1) is 9.89. The summed E-state index contributed by atoms with van der Waals surface area (Å²) >= 11 is 0. The molecule has 0 radical (unpaired) electrons. The van der Waals surface area contributed by atoms with Crippen molar-refractivity contribution in [2.24, 2.45) is 0 Å². The molecule has 4 heteroatoms. The highest BCUT2D eigenvalue weighted by molar-refractivity contribution is 5.68. The van der Waals surface area contributed by atoms with Gasteiger partial charge >= 0.3 is 6.09 Å². The third-order valence-electron chi connectivity index (χ3n) is 3.73. The van der Waals surface area contributed by atoms with Crippen molar-refractivity contribution in [2.75, 3.05) is 13.1 Å². The standard InChI is InChI=1S/C17H26N2O2/c1-5-12-6-8-13(9-7-12)14-10-18-11-15(14)19-16(20)21-17(2,3)4/h6-9,14-15,18H,5,10-11H2,1-4H3,(H,19,20)/t14-,15+/m0/s1. The Labute approximate surface area is 127 Å². The van der Waals surface area contributed by atoms with E-state index < -0.39 is 5.60 Å². The molecule has 1 fully saturated rings. The third kappa shape index (κ3) is 4.46. The van der Waals surface area contributed by atoms with Crippen LogP contribution in [-0.4, -0.2) is 30.8 Å². The number of carbonyl (C=O) groups is 1. The first-order valence-corrected chi connectivity index (χ1v) is 7.68. The van der Waals surface area contributed by atoms with Crippen molar-refractivity contribution in [3.05, 3.63) is 35.4 Å². The number of rotatable bonds is 3. The highest BCUT2D eigenvalue weighted by Gasteiger charge is 2.31. The Morgan fingerprint density at radius 2 is 1.95 bits per heavy atom. The Morgan fingerprint density at radius 3 is 2.52 bits per heavy atom. The number of alkyl carbamates (subject to hydrolysis) is 1. The highest BCUT2D eigenvalue weighted by Crippen LogP contribution is 2.24. The molecule has 0 saturated carbocycles. The number of amides is 1. The lowest BCUT2D eigenvalue weighted by Gasteiger charge is -2.24. The van der Waals surface area contributed by atoms with Crippen LogP contribution in [0.4, 0.5) is 4.79 Å². The lowest BCUT2D eigenvalue weighted by atomic mass is 9.93. The topological polar surface area (TPSA) is 50.4 Å². The maximum atomic E-state index is 11.9. The molecule has 1 aromatic carbocycles. The van der Waals surface area contributed by atoms with Crippen molar-refractivity contribution in [3.8, 4) is 0 Å². The molecule has 0 bridgehead atoms. The van der Waals surface area contributed by atoms with E-state index in [9.17, 15) is 4.79 Å². The zero-order valence-electron chi connectivity index (χ0n) is 13.4. The van der Waals surface area contributed by atoms with Crippen molar-refractivity contribution in [1.29, 1.82) is 0 Å². The monoisotopic (exact) mass is 290 g/mol. The fourth-order valence-corrected chi connectivity index (χ4v) is 2.64. The van der Waals surface area contributed by atoms with Crippen LogP contribution >= 0.6 is 0 Å². The molecule has 1 amide bonds. The Bertz CT molecular complexity index is 477. The zero-order chi connectivity index (χ0) is 15.5. The van der Waals surface area contributed by atoms with Gasteiger partial charge in [-0.15, -0.1) is 0 Å². The number of benzene rings is 1. The summed E-state index contributed by atoms with van der Waals surface area (Å²) < 4.78 is 5.34. The van der Waals surface area contributed by atoms with E-state index in [1.165, 1.54) is 11.1 Å². The number of carbonyl (C=O) groups excluding carboxylic acids is 1. The number of aryl methyl sites for hydroxylation is 1. The average Bonchev–Trinajstić information content (AvgIpc) is 2.84. The Morgan fingerprint density at radius 1 is 1.29 bits per heavy atom. The van der Waals surface area contributed by atoms with Crippen LogP contribution < -0.4 is 10.6 Å². The van der Waals surface area contributed by atoms with E-state index in [0.29, 0.717) is 5.92 Å². The Kier molecular flexibility index (Phi) is 4.88. The van der Waals surface area contributed by atoms with Gasteiger partial charge in [0.05, 0.1) is 6.04 Å². The van der Waals surface area contributed by atoms with Crippen LogP contribution in [0.15, 0.2) is 24.3 Å². The summed E-state index contributed by atoms with van der Waals surface area (Å²) in [5.74, 6) is 0.295. The lowest BCUT2D eigenvalue weighted by Crippen LogP contribution is -2.42. The number of nitrogens with one attached hydrogen (secondary N) is 2. The van der Waals surface area contributed by atoms with E-state index >= 15 is 0 Å². The first kappa shape index (κ1) is 15.8. The van der Waals surface area contributed by atoms with Gasteiger partial charge in [0.15, 0.2) is 0 Å². The van der Waals surface area contributed by atoms with Crippen LogP contribution in [0.5, 0.6) is 0 Å². The molecular weight excluding hydrogens is 264 g/mol. The smallest absolute Gasteiger partial charge is 0.407 e. The molecule has 1 aliphatic heterocycles. The molecule has 1 saturated heterocycles. The van der Waals surface area contributed by atoms with E-state index in [0.717, 1.165) is 19.5 Å². The van der Waals surface area contributed by atoms with Gasteiger partial charge in [0.25, 0.3) is 0 Å². The minimum Gasteiger partial charge on any atom is -0.444 e. The molecule has 1 aliphatic rings. The SMILES string of the molecule is CCc1ccc([C@@H]2CNC[C@H]2NC(=O)OC(C)(C)C)cc1. The second-order valence-corrected chi connectivity index (χ2v) is 6.61. The van der Waals surface area contributed by atoms with Crippen molar-refractivity contribution in [3.63, 3.8) is 0 Å². The van der Waals surface area contributed by atoms with Gasteiger partial charge in [-0.05, 0) is 38.3 Å². The van der Waals surface area contributed by atoms with Gasteiger partial charge in [-0.25, -0.2) is 4.79 Å². The van der Waals surface area contributed by atoms with Crippen LogP contribution in [0.2, 0.25) is 0 Å². The summed E-state index contributed by atoms with van der Waals surface area (Å²) in [5, 5.41) is 6.34. The van der Waals surface area contributed by atoms with Crippen molar-refractivity contribution >= 4 is 6.09 Å². The van der Waals surface area contributed by atoms with E-state index in [4.69, 9.17) is 4.74 Å². The number of ether oxygens (including phenoxy) is 1. The molecule has 0 aliphatic carbocycles. The van der Waals surface area contributed by atoms with Gasteiger partial charge in [-0.2, -0.15) is 0 Å². The fraction of sp³-hybridized carbons (Fsp3) is 0.588. The Balaban J connectivity index is 2.01. The third-order valence-corrected chi connectivity index (χ3v) is 3.73. The second kappa shape index (κ2) is 6.48. The lowest BCUT2D eigenvalue weighted by molar-refractivity contribution is 0.0504. The predicted octanol–water partition coefficient (Wildman–Crippen LogP) is 2.83. The van der Waals surface area contributed by atoms with Gasteiger partial charge in [0.1, 0.15) is 5.60 Å². The van der Waals surface area contributed by atoms with Crippen LogP contribution in [0.3, 0.4) is 0 Å². The van der Waals surface area contributed by atoms with Gasteiger partial charge in [0, 0.05) is 19.0 Å². The largest absolute Gasteiger partial charge is 0.444 e. The zero-order valence-corrected chi connectivity index (χ0v) is 13.4. The molecule has 21 heavy (non-hydrogen) atoms. The molecule has 2 N–H and O–H groups in total. The van der Waals surface area contributed by atoms with E-state index in [1.807, 2.05) is 20.8 Å². The van der Waals surface area contributed by atoms with Gasteiger partial charge in [-0.1, -0.05) is 31.2 Å². The first-order valence-electron chi connectivity index (χ1n) is 7.68. The fourth-order valence-electron chi connectivity index (χ4n) is 2.64. The predicted molar refractivity (Wildman–Crippen MR) is 84.6 cm³/mol. The summed E-state index contributed by atoms with van der Waals surface area (Å²) in [6.07, 6.45) is 0.703. The van der Waals surface area contributed by atoms with Crippen LogP contribution in [0.1, 0.15) is 44.7 Å². The molecule has 2 rings (SSSR count). The quantitative estimate of drug-likeness (QED) is 0.900. The van der Waals surface area contributed by atoms with Gasteiger partial charge in [0.2, 0.25) is 0 Å². The molecular formula is C17H26N2O2. The molecule has 4 nitrogen and oxygen atoms in total. The highest BCUT2D eigenvalue weighted by atomic mass is 16.6. The molecule has 116 valence electrons. The van der Waals surface area contributed by atoms with Crippen LogP contribution in [0.25, 0.3) is 0 Å². The number of hydrogen-bond donors (Lipinski definition) is 2. The van der Waals surface area contributed by atoms with E-state index in [-0.39, 0.29) is 12.1 Å². The average molecular weight is 290 g/mol. The maximum Gasteiger partial charge on any atom is 0.407 e. The molecule has 2 atom stereocenters. The van der Waals surface area contributed by atoms with Crippen molar-refractivity contribution < 1.29 is 9.53 Å². The summed E-state index contributed by atoms with van der Waals surface area (Å²) in [4.78, 5) is 11.9. The van der Waals surface area contributed by atoms with E-state index in [2.05, 4.69) is 41.8 Å². The van der Waals surface area contributed by atoms with Crippen molar-refractivity contribution in [1.82, 2.24) is 10.6 Å². The summed E-state index contributed by atoms with van der Waals surface area (Å²) in [5.41, 5.74) is 2.13. The van der Waals surface area contributed by atoms with Crippen molar-refractivity contribution in [2.45, 2.75) is 51.7 Å². The number of hydrogen-bond acceptors (Lipinski definition) is 3. The Hall–Kier alpha value is -1.55. The normalized spacial score (nSPS) is 22.1. The summed E-state index contributed by atoms with van der Waals surface area (Å²) in [7, 11) is 0. The summed E-state index contributed by atoms with van der Waals surface area (Å²) in [6.45, 7) is 9.44. The molecule has 0 aromatic heterocycles. The minimum absolute atomic E-state index is 0.0762.